The lowest BCUT2D eigenvalue weighted by Gasteiger charge is -2.22. The second kappa shape index (κ2) is 3.68. The fourth-order valence-corrected chi connectivity index (χ4v) is 2.09. The van der Waals surface area contributed by atoms with Gasteiger partial charge in [0.15, 0.2) is 0 Å². The van der Waals surface area contributed by atoms with Gasteiger partial charge in [0.25, 0.3) is 0 Å². The van der Waals surface area contributed by atoms with Crippen LogP contribution in [-0.4, -0.2) is 17.6 Å². The first-order valence-corrected chi connectivity index (χ1v) is 5.43. The minimum absolute atomic E-state index is 0.632. The van der Waals surface area contributed by atoms with E-state index in [1.807, 2.05) is 52.4 Å². The van der Waals surface area contributed by atoms with Crippen molar-refractivity contribution in [1.29, 1.82) is 0 Å². The Labute approximate surface area is 98.2 Å². The molecule has 80 valence electrons. The van der Waals surface area contributed by atoms with Crippen LogP contribution in [0.5, 0.6) is 0 Å². The number of hydrogen-bond acceptors (Lipinski definition) is 2. The molecule has 0 amide bonds. The Hall–Kier alpha value is -1.74. The smallest absolute Gasteiger partial charge is 0.129 e. The van der Waals surface area contributed by atoms with Crippen LogP contribution in [0.15, 0.2) is 47.7 Å². The summed E-state index contributed by atoms with van der Waals surface area (Å²) in [5.41, 5.74) is 1.09. The number of halogens is 1. The van der Waals surface area contributed by atoms with Crippen molar-refractivity contribution in [3.63, 3.8) is 0 Å². The molecule has 0 fully saturated rings. The number of allylic oxidation sites excluding steroid dienone is 1. The molecule has 0 saturated carbocycles. The van der Waals surface area contributed by atoms with Gasteiger partial charge < -0.3 is 0 Å². The van der Waals surface area contributed by atoms with E-state index in [9.17, 15) is 0 Å². The summed E-state index contributed by atoms with van der Waals surface area (Å²) in [5, 5.41) is 3.87. The molecular formula is C12H10ClN3. The van der Waals surface area contributed by atoms with E-state index < -0.39 is 0 Å². The Bertz CT molecular complexity index is 583. The van der Waals surface area contributed by atoms with Crippen LogP contribution in [0.3, 0.4) is 0 Å². The molecule has 1 aromatic heterocycles. The fraction of sp³-hybridized carbons (Fsp3) is 0.0833. The Morgan fingerprint density at radius 1 is 1.25 bits per heavy atom. The highest BCUT2D eigenvalue weighted by Crippen LogP contribution is 2.24. The molecule has 0 radical (unpaired) electrons. The summed E-state index contributed by atoms with van der Waals surface area (Å²) in [5.74, 6) is 0. The summed E-state index contributed by atoms with van der Waals surface area (Å²) in [6.45, 7) is 0.632. The Balaban J connectivity index is 2.14. The lowest BCUT2D eigenvalue weighted by molar-refractivity contribution is 0.715. The van der Waals surface area contributed by atoms with Crippen LogP contribution in [0.4, 0.5) is 0 Å². The second-order valence-electron chi connectivity index (χ2n) is 3.59. The fourth-order valence-electron chi connectivity index (χ4n) is 1.86. The van der Waals surface area contributed by atoms with Crippen LogP contribution in [-0.2, 0) is 0 Å². The Morgan fingerprint density at radius 3 is 3.00 bits per heavy atom. The van der Waals surface area contributed by atoms with E-state index in [4.69, 9.17) is 11.6 Å². The van der Waals surface area contributed by atoms with Crippen molar-refractivity contribution in [2.75, 3.05) is 11.7 Å². The molecule has 0 bridgehead atoms. The van der Waals surface area contributed by atoms with Gasteiger partial charge >= 0.3 is 0 Å². The standard InChI is InChI=1S/C12H10ClN3/c13-11-3-1-4-12-10(11)5-8-16(12)15-7-2-6-14-9-15/h1-8H,9H2. The van der Waals surface area contributed by atoms with Gasteiger partial charge in [-0.1, -0.05) is 17.7 Å². The third-order valence-corrected chi connectivity index (χ3v) is 2.94. The van der Waals surface area contributed by atoms with Crippen molar-refractivity contribution >= 4 is 28.7 Å². The molecule has 3 nitrogen and oxygen atoms in total. The Morgan fingerprint density at radius 2 is 2.19 bits per heavy atom. The number of nitrogens with zero attached hydrogens (tertiary/aromatic N) is 3. The van der Waals surface area contributed by atoms with Gasteiger partial charge in [-0.2, -0.15) is 0 Å². The molecule has 2 aromatic rings. The first kappa shape index (κ1) is 9.48. The zero-order valence-corrected chi connectivity index (χ0v) is 9.30. The minimum atomic E-state index is 0.632. The first-order valence-electron chi connectivity index (χ1n) is 5.05. The Kier molecular flexibility index (Phi) is 2.18. The summed E-state index contributed by atoms with van der Waals surface area (Å²) < 4.78 is 2.05. The molecule has 0 saturated heterocycles. The molecule has 1 aromatic carbocycles. The lowest BCUT2D eigenvalue weighted by atomic mass is 10.2. The average Bonchev–Trinajstić information content (AvgIpc) is 2.75. The van der Waals surface area contributed by atoms with Gasteiger partial charge in [-0.3, -0.25) is 14.7 Å². The second-order valence-corrected chi connectivity index (χ2v) is 3.99. The van der Waals surface area contributed by atoms with E-state index in [0.29, 0.717) is 6.67 Å². The van der Waals surface area contributed by atoms with E-state index in [1.54, 1.807) is 6.21 Å². The van der Waals surface area contributed by atoms with Gasteiger partial charge in [-0.05, 0) is 24.3 Å². The van der Waals surface area contributed by atoms with Crippen LogP contribution in [0, 0.1) is 0 Å². The van der Waals surface area contributed by atoms with Gasteiger partial charge in [0.2, 0.25) is 0 Å². The maximum atomic E-state index is 6.13. The van der Waals surface area contributed by atoms with Crippen molar-refractivity contribution in [3.05, 3.63) is 47.8 Å². The molecule has 16 heavy (non-hydrogen) atoms. The summed E-state index contributed by atoms with van der Waals surface area (Å²) in [4.78, 5) is 4.20. The molecule has 0 spiro atoms. The molecule has 3 rings (SSSR count). The number of rotatable bonds is 1. The predicted molar refractivity (Wildman–Crippen MR) is 67.7 cm³/mol. The van der Waals surface area contributed by atoms with Crippen LogP contribution in [0.25, 0.3) is 10.9 Å². The van der Waals surface area contributed by atoms with Gasteiger partial charge in [0.1, 0.15) is 6.67 Å². The van der Waals surface area contributed by atoms with Crippen molar-refractivity contribution in [2.45, 2.75) is 0 Å². The zero-order valence-electron chi connectivity index (χ0n) is 8.55. The molecule has 0 unspecified atom stereocenters. The molecule has 2 heterocycles. The highest BCUT2D eigenvalue weighted by atomic mass is 35.5. The highest BCUT2D eigenvalue weighted by Gasteiger charge is 2.08. The monoisotopic (exact) mass is 231 g/mol. The van der Waals surface area contributed by atoms with Crippen molar-refractivity contribution in [2.24, 2.45) is 4.99 Å². The van der Waals surface area contributed by atoms with Crippen LogP contribution in [0.2, 0.25) is 5.02 Å². The topological polar surface area (TPSA) is 20.5 Å². The number of hydrogen-bond donors (Lipinski definition) is 0. The third-order valence-electron chi connectivity index (χ3n) is 2.61. The highest BCUT2D eigenvalue weighted by molar-refractivity contribution is 6.35. The largest absolute Gasteiger partial charge is 0.270 e. The molecule has 1 aliphatic heterocycles. The molecule has 4 heteroatoms. The number of benzene rings is 1. The number of aliphatic imine (C=N–C) groups is 1. The lowest BCUT2D eigenvalue weighted by Crippen LogP contribution is -2.29. The van der Waals surface area contributed by atoms with E-state index in [2.05, 4.69) is 4.99 Å². The van der Waals surface area contributed by atoms with Crippen LogP contribution < -0.4 is 5.01 Å². The average molecular weight is 232 g/mol. The van der Waals surface area contributed by atoms with Crippen molar-refractivity contribution in [1.82, 2.24) is 4.68 Å². The van der Waals surface area contributed by atoms with Crippen molar-refractivity contribution in [3.8, 4) is 0 Å². The predicted octanol–water partition coefficient (Wildman–Crippen LogP) is 2.79. The summed E-state index contributed by atoms with van der Waals surface area (Å²) in [7, 11) is 0. The molecule has 0 aliphatic carbocycles. The van der Waals surface area contributed by atoms with Gasteiger partial charge in [0.05, 0.1) is 10.5 Å². The first-order chi connectivity index (χ1) is 7.86. The van der Waals surface area contributed by atoms with E-state index in [0.717, 1.165) is 15.9 Å². The van der Waals surface area contributed by atoms with E-state index >= 15 is 0 Å². The van der Waals surface area contributed by atoms with Crippen molar-refractivity contribution < 1.29 is 0 Å². The molecular weight excluding hydrogens is 222 g/mol. The quantitative estimate of drug-likeness (QED) is 0.739. The van der Waals surface area contributed by atoms with Gasteiger partial charge in [-0.15, -0.1) is 0 Å². The number of aromatic nitrogens is 1. The SMILES string of the molecule is Clc1cccc2c1ccn2N1C=CC=NC1. The van der Waals surface area contributed by atoms with E-state index in [-0.39, 0.29) is 0 Å². The van der Waals surface area contributed by atoms with E-state index in [1.165, 1.54) is 0 Å². The molecule has 1 aliphatic rings. The summed E-state index contributed by atoms with van der Waals surface area (Å²) in [6, 6.07) is 7.92. The minimum Gasteiger partial charge on any atom is -0.270 e. The summed E-state index contributed by atoms with van der Waals surface area (Å²) in [6.07, 6.45) is 7.71. The zero-order chi connectivity index (χ0) is 11.0. The van der Waals surface area contributed by atoms with Gasteiger partial charge in [0, 0.05) is 24.0 Å². The van der Waals surface area contributed by atoms with Crippen LogP contribution in [0.1, 0.15) is 0 Å². The maximum absolute atomic E-state index is 6.13. The summed E-state index contributed by atoms with van der Waals surface area (Å²) >= 11 is 6.13. The van der Waals surface area contributed by atoms with Gasteiger partial charge in [-0.25, -0.2) is 0 Å². The molecule has 0 N–H and O–H groups in total. The maximum Gasteiger partial charge on any atom is 0.129 e. The third kappa shape index (κ3) is 1.41. The molecule has 0 atom stereocenters. The normalized spacial score (nSPS) is 14.9. The number of fused-ring (bicyclic) bond motifs is 1. The van der Waals surface area contributed by atoms with Crippen LogP contribution >= 0.6 is 11.6 Å².